The van der Waals surface area contributed by atoms with E-state index in [1.165, 1.54) is 0 Å². The maximum atomic E-state index is 10.3. The molecule has 0 amide bonds. The predicted molar refractivity (Wildman–Crippen MR) is 43.1 cm³/mol. The number of hydrogen-bond acceptors (Lipinski definition) is 3. The summed E-state index contributed by atoms with van der Waals surface area (Å²) >= 11 is 0. The van der Waals surface area contributed by atoms with Gasteiger partial charge in [-0.15, -0.1) is 0 Å². The Labute approximate surface area is 66.6 Å². The summed E-state index contributed by atoms with van der Waals surface area (Å²) < 4.78 is 0. The van der Waals surface area contributed by atoms with E-state index in [4.69, 9.17) is 16.6 Å². The van der Waals surface area contributed by atoms with Crippen LogP contribution >= 0.6 is 0 Å². The summed E-state index contributed by atoms with van der Waals surface area (Å²) in [5.74, 6) is -0.639. The second kappa shape index (κ2) is 5.09. The van der Waals surface area contributed by atoms with E-state index in [0.29, 0.717) is 18.9 Å². The molecule has 0 aliphatic rings. The molecule has 11 heavy (non-hydrogen) atoms. The van der Waals surface area contributed by atoms with Gasteiger partial charge < -0.3 is 16.6 Å². The quantitative estimate of drug-likeness (QED) is 0.518. The number of carbonyl (C=O) groups is 1. The monoisotopic (exact) mass is 160 g/mol. The molecule has 0 aliphatic carbocycles. The predicted octanol–water partition coefficient (Wildman–Crippen LogP) is -0.227. The van der Waals surface area contributed by atoms with Crippen molar-refractivity contribution in [3.05, 3.63) is 0 Å². The summed E-state index contributed by atoms with van der Waals surface area (Å²) in [5.41, 5.74) is 10.6. The number of carboxylic acids is 1. The largest absolute Gasteiger partial charge is 0.480 e. The molecule has 0 heterocycles. The lowest BCUT2D eigenvalue weighted by Crippen LogP contribution is -2.32. The van der Waals surface area contributed by atoms with Gasteiger partial charge in [-0.25, -0.2) is 0 Å². The zero-order chi connectivity index (χ0) is 8.85. The topological polar surface area (TPSA) is 89.3 Å². The molecule has 0 radical (unpaired) electrons. The van der Waals surface area contributed by atoms with Gasteiger partial charge in [0.1, 0.15) is 6.04 Å². The van der Waals surface area contributed by atoms with Crippen molar-refractivity contribution in [2.45, 2.75) is 25.8 Å². The van der Waals surface area contributed by atoms with Gasteiger partial charge in [0.05, 0.1) is 0 Å². The van der Waals surface area contributed by atoms with Gasteiger partial charge in [0.25, 0.3) is 0 Å². The Morgan fingerprint density at radius 1 is 1.64 bits per heavy atom. The molecule has 4 nitrogen and oxygen atoms in total. The van der Waals surface area contributed by atoms with E-state index < -0.39 is 12.0 Å². The average Bonchev–Trinajstić information content (AvgIpc) is 1.87. The second-order valence-electron chi connectivity index (χ2n) is 2.86. The Hall–Kier alpha value is -0.610. The molecule has 0 fully saturated rings. The van der Waals surface area contributed by atoms with Crippen LogP contribution in [0.2, 0.25) is 0 Å². The molecule has 0 aromatic carbocycles. The summed E-state index contributed by atoms with van der Waals surface area (Å²) in [6.45, 7) is 2.54. The molecule has 0 aliphatic heterocycles. The molecule has 0 saturated carbocycles. The minimum atomic E-state index is -0.936. The number of aliphatic carboxylic acids is 1. The van der Waals surface area contributed by atoms with Gasteiger partial charge in [0, 0.05) is 0 Å². The Kier molecular flexibility index (Phi) is 4.81. The summed E-state index contributed by atoms with van der Waals surface area (Å²) in [4.78, 5) is 10.3. The molecule has 66 valence electrons. The van der Waals surface area contributed by atoms with Crippen LogP contribution in [-0.4, -0.2) is 23.7 Å². The van der Waals surface area contributed by atoms with Crippen molar-refractivity contribution in [1.82, 2.24) is 0 Å². The van der Waals surface area contributed by atoms with Gasteiger partial charge in [-0.3, -0.25) is 4.79 Å². The molecule has 0 rings (SSSR count). The van der Waals surface area contributed by atoms with Crippen LogP contribution < -0.4 is 11.5 Å². The van der Waals surface area contributed by atoms with Crippen LogP contribution in [0.15, 0.2) is 0 Å². The van der Waals surface area contributed by atoms with Crippen molar-refractivity contribution in [1.29, 1.82) is 0 Å². The SMILES string of the molecule is C[C@H](CCN)C[C@H](N)C(=O)O. The minimum absolute atomic E-state index is 0.297. The Morgan fingerprint density at radius 2 is 2.18 bits per heavy atom. The van der Waals surface area contributed by atoms with Gasteiger partial charge in [-0.1, -0.05) is 6.92 Å². The number of rotatable bonds is 5. The molecule has 0 aromatic heterocycles. The Morgan fingerprint density at radius 3 is 2.55 bits per heavy atom. The third-order valence-electron chi connectivity index (χ3n) is 1.63. The Balaban J connectivity index is 3.56. The van der Waals surface area contributed by atoms with Crippen LogP contribution in [0.4, 0.5) is 0 Å². The van der Waals surface area contributed by atoms with E-state index in [9.17, 15) is 4.79 Å². The van der Waals surface area contributed by atoms with Crippen LogP contribution in [0.5, 0.6) is 0 Å². The lowest BCUT2D eigenvalue weighted by molar-refractivity contribution is -0.138. The zero-order valence-corrected chi connectivity index (χ0v) is 6.79. The molecular formula is C7H16N2O2. The first kappa shape index (κ1) is 10.4. The van der Waals surface area contributed by atoms with Crippen molar-refractivity contribution in [2.75, 3.05) is 6.54 Å². The van der Waals surface area contributed by atoms with E-state index in [1.54, 1.807) is 0 Å². The van der Waals surface area contributed by atoms with Gasteiger partial charge >= 0.3 is 5.97 Å². The van der Waals surface area contributed by atoms with E-state index in [2.05, 4.69) is 0 Å². The zero-order valence-electron chi connectivity index (χ0n) is 6.79. The molecule has 0 aromatic rings. The fraction of sp³-hybridized carbons (Fsp3) is 0.857. The first-order valence-corrected chi connectivity index (χ1v) is 3.76. The molecule has 2 atom stereocenters. The van der Waals surface area contributed by atoms with Gasteiger partial charge in [-0.2, -0.15) is 0 Å². The maximum Gasteiger partial charge on any atom is 0.320 e. The second-order valence-corrected chi connectivity index (χ2v) is 2.86. The highest BCUT2D eigenvalue weighted by Gasteiger charge is 2.14. The number of hydrogen-bond donors (Lipinski definition) is 3. The highest BCUT2D eigenvalue weighted by atomic mass is 16.4. The Bertz CT molecular complexity index is 128. The normalized spacial score (nSPS) is 15.9. The van der Waals surface area contributed by atoms with Crippen molar-refractivity contribution in [3.63, 3.8) is 0 Å². The molecule has 5 N–H and O–H groups in total. The van der Waals surface area contributed by atoms with E-state index >= 15 is 0 Å². The summed E-state index contributed by atoms with van der Waals surface area (Å²) in [6, 6.07) is -0.739. The van der Waals surface area contributed by atoms with Crippen LogP contribution in [0.3, 0.4) is 0 Å². The van der Waals surface area contributed by atoms with Gasteiger partial charge in [0.2, 0.25) is 0 Å². The number of nitrogens with two attached hydrogens (primary N) is 2. The minimum Gasteiger partial charge on any atom is -0.480 e. The first-order chi connectivity index (χ1) is 5.07. The molecule has 4 heteroatoms. The standard InChI is InChI=1S/C7H16N2O2/c1-5(2-3-8)4-6(9)7(10)11/h5-6H,2-4,8-9H2,1H3,(H,10,11)/t5-,6+/m1/s1. The summed E-state index contributed by atoms with van der Waals surface area (Å²) in [7, 11) is 0. The highest BCUT2D eigenvalue weighted by Crippen LogP contribution is 2.07. The lowest BCUT2D eigenvalue weighted by Gasteiger charge is -2.12. The summed E-state index contributed by atoms with van der Waals surface area (Å²) in [6.07, 6.45) is 1.34. The number of carboxylic acid groups (broad SMARTS) is 1. The average molecular weight is 160 g/mol. The molecule has 0 bridgehead atoms. The summed E-state index contributed by atoms with van der Waals surface area (Å²) in [5, 5.41) is 8.44. The van der Waals surface area contributed by atoms with E-state index in [0.717, 1.165) is 6.42 Å². The highest BCUT2D eigenvalue weighted by molar-refractivity contribution is 5.72. The molecular weight excluding hydrogens is 144 g/mol. The van der Waals surface area contributed by atoms with Crippen molar-refractivity contribution < 1.29 is 9.90 Å². The van der Waals surface area contributed by atoms with Crippen molar-refractivity contribution in [2.24, 2.45) is 17.4 Å². The third-order valence-corrected chi connectivity index (χ3v) is 1.63. The molecule has 0 unspecified atom stereocenters. The fourth-order valence-corrected chi connectivity index (χ4v) is 0.937. The van der Waals surface area contributed by atoms with Crippen molar-refractivity contribution in [3.8, 4) is 0 Å². The van der Waals surface area contributed by atoms with Crippen LogP contribution in [-0.2, 0) is 4.79 Å². The lowest BCUT2D eigenvalue weighted by atomic mass is 9.99. The first-order valence-electron chi connectivity index (χ1n) is 3.76. The fourth-order valence-electron chi connectivity index (χ4n) is 0.937. The van der Waals surface area contributed by atoms with Gasteiger partial charge in [0.15, 0.2) is 0 Å². The van der Waals surface area contributed by atoms with E-state index in [1.807, 2.05) is 6.92 Å². The molecule has 0 saturated heterocycles. The van der Waals surface area contributed by atoms with Gasteiger partial charge in [-0.05, 0) is 25.3 Å². The third kappa shape index (κ3) is 4.75. The molecule has 0 spiro atoms. The van der Waals surface area contributed by atoms with Crippen LogP contribution in [0.1, 0.15) is 19.8 Å². The van der Waals surface area contributed by atoms with Crippen molar-refractivity contribution >= 4 is 5.97 Å². The van der Waals surface area contributed by atoms with E-state index in [-0.39, 0.29) is 0 Å². The maximum absolute atomic E-state index is 10.3. The van der Waals surface area contributed by atoms with Crippen LogP contribution in [0, 0.1) is 5.92 Å². The smallest absolute Gasteiger partial charge is 0.320 e. The van der Waals surface area contributed by atoms with Crippen LogP contribution in [0.25, 0.3) is 0 Å².